The van der Waals surface area contributed by atoms with Crippen molar-refractivity contribution in [3.05, 3.63) is 29.8 Å². The highest BCUT2D eigenvalue weighted by Crippen LogP contribution is 2.22. The molecule has 0 spiro atoms. The Morgan fingerprint density at radius 3 is 2.18 bits per heavy atom. The first kappa shape index (κ1) is 14.5. The van der Waals surface area contributed by atoms with Crippen molar-refractivity contribution in [1.29, 1.82) is 0 Å². The first-order valence-electron chi connectivity index (χ1n) is 5.60. The molecule has 0 radical (unpaired) electrons. The molecule has 3 nitrogen and oxygen atoms in total. The molecule has 0 unspecified atom stereocenters. The number of ether oxygens (including phenoxy) is 2. The van der Waals surface area contributed by atoms with Crippen LogP contribution in [-0.4, -0.2) is 45.5 Å². The molecule has 0 atom stereocenters. The monoisotopic (exact) mass is 255 g/mol. The Balaban J connectivity index is 2.49. The summed E-state index contributed by atoms with van der Waals surface area (Å²) in [5.41, 5.74) is 1.05. The maximum Gasteiger partial charge on any atom is 0.183 e. The summed E-state index contributed by atoms with van der Waals surface area (Å²) in [6.45, 7) is 1.09. The molecule has 0 bridgehead atoms. The van der Waals surface area contributed by atoms with E-state index >= 15 is 0 Å². The van der Waals surface area contributed by atoms with Crippen LogP contribution in [-0.2, 0) is 9.47 Å². The Morgan fingerprint density at radius 1 is 1.12 bits per heavy atom. The van der Waals surface area contributed by atoms with Crippen LogP contribution >= 0.6 is 11.8 Å². The van der Waals surface area contributed by atoms with E-state index in [0.29, 0.717) is 0 Å². The molecular formula is C13H21NO2S. The zero-order valence-electron chi connectivity index (χ0n) is 11.0. The van der Waals surface area contributed by atoms with Gasteiger partial charge in [0.15, 0.2) is 6.29 Å². The number of nitrogens with zero attached hydrogens (tertiary/aromatic N) is 1. The van der Waals surface area contributed by atoms with Crippen molar-refractivity contribution in [2.24, 2.45) is 0 Å². The van der Waals surface area contributed by atoms with Gasteiger partial charge in [-0.15, -0.1) is 11.8 Å². The number of hydrogen-bond acceptors (Lipinski definition) is 4. The minimum Gasteiger partial charge on any atom is -0.352 e. The molecule has 17 heavy (non-hydrogen) atoms. The highest BCUT2D eigenvalue weighted by Gasteiger charge is 2.07. The smallest absolute Gasteiger partial charge is 0.183 e. The molecule has 0 N–H and O–H groups in total. The second-order valence-corrected chi connectivity index (χ2v) is 5.19. The van der Waals surface area contributed by atoms with Crippen molar-refractivity contribution < 1.29 is 9.47 Å². The molecule has 96 valence electrons. The molecule has 0 saturated carbocycles. The minimum atomic E-state index is -0.268. The van der Waals surface area contributed by atoms with Crippen LogP contribution in [0.25, 0.3) is 0 Å². The number of methoxy groups -OCH3 is 2. The van der Waals surface area contributed by atoms with E-state index in [1.54, 1.807) is 14.2 Å². The molecular weight excluding hydrogens is 234 g/mol. The average Bonchev–Trinajstić information content (AvgIpc) is 2.32. The van der Waals surface area contributed by atoms with Gasteiger partial charge in [-0.25, -0.2) is 0 Å². The first-order valence-corrected chi connectivity index (χ1v) is 6.59. The minimum absolute atomic E-state index is 0.268. The summed E-state index contributed by atoms with van der Waals surface area (Å²) in [6, 6.07) is 8.33. The summed E-state index contributed by atoms with van der Waals surface area (Å²) >= 11 is 1.86. The van der Waals surface area contributed by atoms with Crippen LogP contribution in [0, 0.1) is 0 Å². The van der Waals surface area contributed by atoms with Crippen LogP contribution in [0.15, 0.2) is 29.2 Å². The lowest BCUT2D eigenvalue weighted by atomic mass is 10.2. The van der Waals surface area contributed by atoms with Gasteiger partial charge in [0.2, 0.25) is 0 Å². The fourth-order valence-corrected chi connectivity index (χ4v) is 2.46. The SMILES string of the molecule is COC(OC)c1ccc(SCCN(C)C)cc1. The topological polar surface area (TPSA) is 21.7 Å². The molecule has 0 amide bonds. The predicted octanol–water partition coefficient (Wildman–Crippen LogP) is 2.63. The van der Waals surface area contributed by atoms with Gasteiger partial charge in [-0.05, 0) is 26.2 Å². The van der Waals surface area contributed by atoms with E-state index in [2.05, 4.69) is 43.3 Å². The Kier molecular flexibility index (Phi) is 6.58. The Morgan fingerprint density at radius 2 is 1.71 bits per heavy atom. The lowest BCUT2D eigenvalue weighted by Gasteiger charge is -2.14. The second kappa shape index (κ2) is 7.71. The van der Waals surface area contributed by atoms with Crippen molar-refractivity contribution in [3.8, 4) is 0 Å². The zero-order valence-corrected chi connectivity index (χ0v) is 11.8. The summed E-state index contributed by atoms with van der Waals surface area (Å²) in [7, 11) is 7.47. The van der Waals surface area contributed by atoms with Gasteiger partial charge >= 0.3 is 0 Å². The van der Waals surface area contributed by atoms with E-state index in [-0.39, 0.29) is 6.29 Å². The van der Waals surface area contributed by atoms with Crippen molar-refractivity contribution in [2.75, 3.05) is 40.6 Å². The molecule has 1 aromatic carbocycles. The molecule has 0 heterocycles. The molecule has 0 fully saturated rings. The lowest BCUT2D eigenvalue weighted by molar-refractivity contribution is -0.106. The molecule has 4 heteroatoms. The van der Waals surface area contributed by atoms with Crippen LogP contribution in [0.1, 0.15) is 11.9 Å². The van der Waals surface area contributed by atoms with Gasteiger partial charge in [0.1, 0.15) is 0 Å². The van der Waals surface area contributed by atoms with E-state index in [9.17, 15) is 0 Å². The molecule has 1 aromatic rings. The molecule has 0 aromatic heterocycles. The summed E-state index contributed by atoms with van der Waals surface area (Å²) < 4.78 is 10.4. The number of thioether (sulfide) groups is 1. The zero-order chi connectivity index (χ0) is 12.7. The number of benzene rings is 1. The van der Waals surface area contributed by atoms with Gasteiger partial charge in [0, 0.05) is 37.0 Å². The summed E-state index contributed by atoms with van der Waals surface area (Å²) in [5.74, 6) is 1.10. The summed E-state index contributed by atoms with van der Waals surface area (Å²) in [5, 5.41) is 0. The molecule has 0 aliphatic carbocycles. The normalized spacial score (nSPS) is 11.4. The van der Waals surface area contributed by atoms with Gasteiger partial charge in [0.05, 0.1) is 0 Å². The standard InChI is InChI=1S/C13H21NO2S/c1-14(2)9-10-17-12-7-5-11(6-8-12)13(15-3)16-4/h5-8,13H,9-10H2,1-4H3. The highest BCUT2D eigenvalue weighted by molar-refractivity contribution is 7.99. The lowest BCUT2D eigenvalue weighted by Crippen LogP contribution is -2.14. The van der Waals surface area contributed by atoms with Gasteiger partial charge in [-0.2, -0.15) is 0 Å². The Hall–Kier alpha value is -0.550. The van der Waals surface area contributed by atoms with E-state index in [1.165, 1.54) is 4.90 Å². The van der Waals surface area contributed by atoms with E-state index in [4.69, 9.17) is 9.47 Å². The van der Waals surface area contributed by atoms with Crippen LogP contribution in [0.4, 0.5) is 0 Å². The molecule has 0 saturated heterocycles. The third-order valence-corrected chi connectivity index (χ3v) is 3.38. The molecule has 0 aliphatic heterocycles. The summed E-state index contributed by atoms with van der Waals surface area (Å²) in [6.07, 6.45) is -0.268. The highest BCUT2D eigenvalue weighted by atomic mass is 32.2. The molecule has 0 aliphatic rings. The third kappa shape index (κ3) is 5.08. The fourth-order valence-electron chi connectivity index (χ4n) is 1.44. The Labute approximate surface area is 108 Å². The quantitative estimate of drug-likeness (QED) is 0.551. The van der Waals surface area contributed by atoms with Crippen molar-refractivity contribution >= 4 is 11.8 Å². The number of rotatable bonds is 7. The van der Waals surface area contributed by atoms with E-state index < -0.39 is 0 Å². The van der Waals surface area contributed by atoms with Crippen molar-refractivity contribution in [1.82, 2.24) is 4.90 Å². The van der Waals surface area contributed by atoms with Crippen LogP contribution in [0.2, 0.25) is 0 Å². The second-order valence-electron chi connectivity index (χ2n) is 4.02. The largest absolute Gasteiger partial charge is 0.352 e. The average molecular weight is 255 g/mol. The predicted molar refractivity (Wildman–Crippen MR) is 72.5 cm³/mol. The van der Waals surface area contributed by atoms with Gasteiger partial charge in [-0.3, -0.25) is 0 Å². The maximum absolute atomic E-state index is 5.20. The van der Waals surface area contributed by atoms with Gasteiger partial charge in [-0.1, -0.05) is 12.1 Å². The van der Waals surface area contributed by atoms with Crippen molar-refractivity contribution in [3.63, 3.8) is 0 Å². The van der Waals surface area contributed by atoms with Crippen LogP contribution in [0.5, 0.6) is 0 Å². The molecule has 1 rings (SSSR count). The third-order valence-electron chi connectivity index (χ3n) is 2.39. The number of hydrogen-bond donors (Lipinski definition) is 0. The maximum atomic E-state index is 5.20. The van der Waals surface area contributed by atoms with Crippen molar-refractivity contribution in [2.45, 2.75) is 11.2 Å². The summed E-state index contributed by atoms with van der Waals surface area (Å²) in [4.78, 5) is 3.47. The first-order chi connectivity index (χ1) is 8.17. The van der Waals surface area contributed by atoms with E-state index in [0.717, 1.165) is 17.9 Å². The van der Waals surface area contributed by atoms with E-state index in [1.807, 2.05) is 11.8 Å². The van der Waals surface area contributed by atoms with Gasteiger partial charge < -0.3 is 14.4 Å². The van der Waals surface area contributed by atoms with Crippen LogP contribution in [0.3, 0.4) is 0 Å². The Bertz CT molecular complexity index is 310. The van der Waals surface area contributed by atoms with Crippen LogP contribution < -0.4 is 0 Å². The van der Waals surface area contributed by atoms with Gasteiger partial charge in [0.25, 0.3) is 0 Å². The fraction of sp³-hybridized carbons (Fsp3) is 0.538.